The van der Waals surface area contributed by atoms with Crippen LogP contribution in [0.4, 0.5) is 0 Å². The number of pyridine rings is 1. The van der Waals surface area contributed by atoms with Crippen LogP contribution in [-0.4, -0.2) is 33.4 Å². The smallest absolute Gasteiger partial charge is 0.324 e. The quantitative estimate of drug-likeness (QED) is 0.797. The third kappa shape index (κ3) is 1.76. The molecule has 1 aromatic rings. The number of carbonyl (C=O) groups excluding carboxylic acids is 1. The molecule has 2 saturated heterocycles. The van der Waals surface area contributed by atoms with Crippen LogP contribution < -0.4 is 5.32 Å². The van der Waals surface area contributed by atoms with Crippen molar-refractivity contribution < 1.29 is 14.7 Å². The van der Waals surface area contributed by atoms with E-state index >= 15 is 0 Å². The van der Waals surface area contributed by atoms with Gasteiger partial charge in [-0.05, 0) is 37.8 Å². The topological polar surface area (TPSA) is 79.3 Å². The molecule has 1 aromatic heterocycles. The number of carbonyl (C=O) groups is 2. The summed E-state index contributed by atoms with van der Waals surface area (Å²) in [5.41, 5.74) is 0.283. The predicted octanol–water partition coefficient (Wildman–Crippen LogP) is 1.17. The van der Waals surface area contributed by atoms with Crippen molar-refractivity contribution in [1.82, 2.24) is 10.3 Å². The van der Waals surface area contributed by atoms with Gasteiger partial charge < -0.3 is 5.11 Å². The van der Waals surface area contributed by atoms with E-state index in [1.165, 1.54) is 0 Å². The van der Waals surface area contributed by atoms with Crippen molar-refractivity contribution in [2.45, 2.75) is 37.8 Å². The number of hydrogen-bond donors (Lipinski definition) is 2. The number of aliphatic carboxylic acids is 1. The molecule has 3 unspecified atom stereocenters. The molecule has 100 valence electrons. The first-order chi connectivity index (χ1) is 9.03. The largest absolute Gasteiger partial charge is 0.480 e. The minimum atomic E-state index is -1.06. The first-order valence-corrected chi connectivity index (χ1v) is 6.51. The Kier molecular flexibility index (Phi) is 2.67. The molecule has 5 nitrogen and oxygen atoms in total. The number of piperidine rings is 1. The molecule has 3 heterocycles. The van der Waals surface area contributed by atoms with Crippen molar-refractivity contribution in [3.8, 4) is 0 Å². The second-order valence-electron chi connectivity index (χ2n) is 5.54. The van der Waals surface area contributed by atoms with Gasteiger partial charge in [0, 0.05) is 12.2 Å². The van der Waals surface area contributed by atoms with E-state index in [9.17, 15) is 14.7 Å². The van der Waals surface area contributed by atoms with E-state index in [2.05, 4.69) is 10.3 Å². The molecule has 3 atom stereocenters. The van der Waals surface area contributed by atoms with Gasteiger partial charge in [0.15, 0.2) is 5.78 Å². The Labute approximate surface area is 111 Å². The molecule has 1 aliphatic carbocycles. The van der Waals surface area contributed by atoms with E-state index in [0.29, 0.717) is 18.5 Å². The number of rotatable bonds is 3. The fourth-order valence-electron chi connectivity index (χ4n) is 3.21. The minimum absolute atomic E-state index is 0.159. The average molecular weight is 260 g/mol. The highest BCUT2D eigenvalue weighted by molar-refractivity contribution is 6.01. The predicted molar refractivity (Wildman–Crippen MR) is 67.9 cm³/mol. The highest BCUT2D eigenvalue weighted by atomic mass is 16.4. The van der Waals surface area contributed by atoms with Gasteiger partial charge in [-0.25, -0.2) is 0 Å². The van der Waals surface area contributed by atoms with E-state index < -0.39 is 17.4 Å². The maximum absolute atomic E-state index is 12.5. The Hall–Kier alpha value is -1.75. The lowest BCUT2D eigenvalue weighted by Gasteiger charge is -2.54. The maximum atomic E-state index is 12.5. The van der Waals surface area contributed by atoms with Crippen LogP contribution in [0.2, 0.25) is 0 Å². The number of nitrogens with one attached hydrogen (secondary N) is 1. The fourth-order valence-corrected chi connectivity index (χ4v) is 3.21. The van der Waals surface area contributed by atoms with Crippen LogP contribution in [-0.2, 0) is 4.79 Å². The SMILES string of the molecule is Cc1ccc(C(=O)C2CCC3CC2(C(=O)O)N3)nc1. The number of aryl methyl sites for hydroxylation is 1. The lowest BCUT2D eigenvalue weighted by molar-refractivity contribution is -0.156. The normalized spacial score (nSPS) is 32.5. The zero-order valence-electron chi connectivity index (χ0n) is 10.7. The van der Waals surface area contributed by atoms with E-state index in [1.54, 1.807) is 12.3 Å². The van der Waals surface area contributed by atoms with Crippen molar-refractivity contribution in [1.29, 1.82) is 0 Å². The van der Waals surface area contributed by atoms with Gasteiger partial charge in [-0.2, -0.15) is 0 Å². The highest BCUT2D eigenvalue weighted by Crippen LogP contribution is 2.44. The molecule has 0 aromatic carbocycles. The summed E-state index contributed by atoms with van der Waals surface area (Å²) in [6.07, 6.45) is 3.67. The fraction of sp³-hybridized carbons (Fsp3) is 0.500. The third-order valence-electron chi connectivity index (χ3n) is 4.29. The molecule has 3 aliphatic rings. The van der Waals surface area contributed by atoms with Crippen molar-refractivity contribution in [2.75, 3.05) is 0 Å². The van der Waals surface area contributed by atoms with E-state index in [1.807, 2.05) is 13.0 Å². The average Bonchev–Trinajstić information content (AvgIpc) is 2.37. The van der Waals surface area contributed by atoms with E-state index in [4.69, 9.17) is 0 Å². The van der Waals surface area contributed by atoms with Crippen LogP contribution in [0.3, 0.4) is 0 Å². The summed E-state index contributed by atoms with van der Waals surface area (Å²) >= 11 is 0. The standard InChI is InChI=1S/C14H16N2O3/c1-8-2-5-11(15-7-8)12(17)10-4-3-9-6-14(10,16-9)13(18)19/h2,5,7,9-10,16H,3-4,6H2,1H3,(H,18,19). The first-order valence-electron chi connectivity index (χ1n) is 6.51. The van der Waals surface area contributed by atoms with Crippen molar-refractivity contribution in [3.63, 3.8) is 0 Å². The lowest BCUT2D eigenvalue weighted by atomic mass is 9.62. The zero-order valence-corrected chi connectivity index (χ0v) is 10.7. The van der Waals surface area contributed by atoms with Crippen LogP contribution in [0.25, 0.3) is 0 Å². The summed E-state index contributed by atoms with van der Waals surface area (Å²) in [5.74, 6) is -1.59. The molecule has 2 bridgehead atoms. The number of nitrogens with zero attached hydrogens (tertiary/aromatic N) is 1. The number of fused-ring (bicyclic) bond motifs is 2. The van der Waals surface area contributed by atoms with Gasteiger partial charge in [0.2, 0.25) is 0 Å². The number of ketones is 1. The molecule has 1 saturated carbocycles. The zero-order chi connectivity index (χ0) is 13.6. The number of carboxylic acid groups (broad SMARTS) is 1. The number of Topliss-reactive ketones (excluding diaryl/α,β-unsaturated/α-hetero) is 1. The van der Waals surface area contributed by atoms with Gasteiger partial charge in [0.05, 0.1) is 5.92 Å². The van der Waals surface area contributed by atoms with Crippen LogP contribution in [0, 0.1) is 12.8 Å². The maximum Gasteiger partial charge on any atom is 0.324 e. The first kappa shape index (κ1) is 12.3. The summed E-state index contributed by atoms with van der Waals surface area (Å²) in [7, 11) is 0. The van der Waals surface area contributed by atoms with E-state index in [0.717, 1.165) is 12.0 Å². The molecule has 0 spiro atoms. The molecule has 2 N–H and O–H groups in total. The molecule has 2 aliphatic heterocycles. The second-order valence-corrected chi connectivity index (χ2v) is 5.54. The van der Waals surface area contributed by atoms with Crippen LogP contribution >= 0.6 is 0 Å². The monoisotopic (exact) mass is 260 g/mol. The third-order valence-corrected chi connectivity index (χ3v) is 4.29. The summed E-state index contributed by atoms with van der Waals surface area (Å²) in [6, 6.07) is 3.76. The van der Waals surface area contributed by atoms with Gasteiger partial charge in [-0.1, -0.05) is 6.07 Å². The number of aromatic nitrogens is 1. The number of hydrogen-bond acceptors (Lipinski definition) is 4. The summed E-state index contributed by atoms with van der Waals surface area (Å²) in [6.45, 7) is 1.90. The highest BCUT2D eigenvalue weighted by Gasteiger charge is 2.60. The van der Waals surface area contributed by atoms with E-state index in [-0.39, 0.29) is 11.8 Å². The molecule has 4 rings (SSSR count). The summed E-state index contributed by atoms with van der Waals surface area (Å²) in [4.78, 5) is 28.1. The van der Waals surface area contributed by atoms with Crippen molar-refractivity contribution in [3.05, 3.63) is 29.6 Å². The molecule has 5 heteroatoms. The second kappa shape index (κ2) is 4.13. The Morgan fingerprint density at radius 1 is 1.42 bits per heavy atom. The Balaban J connectivity index is 1.90. The molecule has 0 radical (unpaired) electrons. The molecular formula is C14H16N2O3. The lowest BCUT2D eigenvalue weighted by Crippen LogP contribution is -2.75. The minimum Gasteiger partial charge on any atom is -0.480 e. The molecule has 0 amide bonds. The van der Waals surface area contributed by atoms with Gasteiger partial charge in [-0.15, -0.1) is 0 Å². The Bertz CT molecular complexity index is 532. The van der Waals surface area contributed by atoms with Gasteiger partial charge in [0.25, 0.3) is 0 Å². The van der Waals surface area contributed by atoms with Crippen LogP contribution in [0.5, 0.6) is 0 Å². The van der Waals surface area contributed by atoms with Crippen molar-refractivity contribution >= 4 is 11.8 Å². The Morgan fingerprint density at radius 3 is 2.74 bits per heavy atom. The van der Waals surface area contributed by atoms with Crippen molar-refractivity contribution in [2.24, 2.45) is 5.92 Å². The van der Waals surface area contributed by atoms with Gasteiger partial charge in [0.1, 0.15) is 11.2 Å². The summed E-state index contributed by atoms with van der Waals surface area (Å²) in [5, 5.41) is 12.5. The number of carboxylic acids is 1. The molecule has 19 heavy (non-hydrogen) atoms. The Morgan fingerprint density at radius 2 is 2.16 bits per heavy atom. The van der Waals surface area contributed by atoms with Gasteiger partial charge in [-0.3, -0.25) is 19.9 Å². The molecular weight excluding hydrogens is 244 g/mol. The van der Waals surface area contributed by atoms with Crippen LogP contribution in [0.1, 0.15) is 35.3 Å². The summed E-state index contributed by atoms with van der Waals surface area (Å²) < 4.78 is 0. The van der Waals surface area contributed by atoms with Gasteiger partial charge >= 0.3 is 5.97 Å². The van der Waals surface area contributed by atoms with Crippen LogP contribution in [0.15, 0.2) is 18.3 Å². The molecule has 3 fully saturated rings.